The quantitative estimate of drug-likeness (QED) is 0.214. The van der Waals surface area contributed by atoms with Crippen LogP contribution in [-0.2, 0) is 19.4 Å². The van der Waals surface area contributed by atoms with Gasteiger partial charge in [-0.15, -0.1) is 0 Å². The van der Waals surface area contributed by atoms with Crippen molar-refractivity contribution in [3.8, 4) is 0 Å². The highest BCUT2D eigenvalue weighted by Gasteiger charge is 2.24. The van der Waals surface area contributed by atoms with E-state index in [1.54, 1.807) is 13.8 Å². The van der Waals surface area contributed by atoms with Crippen molar-refractivity contribution >= 4 is 27.6 Å². The molecule has 0 heterocycles. The van der Waals surface area contributed by atoms with E-state index in [1.807, 2.05) is 62.3 Å². The predicted molar refractivity (Wildman–Crippen MR) is 186 cm³/mol. The molecule has 0 spiro atoms. The molecule has 0 aliphatic heterocycles. The summed E-state index contributed by atoms with van der Waals surface area (Å²) in [6, 6.07) is 0.405. The number of hydrogen-bond acceptors (Lipinski definition) is 5. The molecule has 0 bridgehead atoms. The number of sulfone groups is 1. The van der Waals surface area contributed by atoms with Crippen LogP contribution in [0.5, 0.6) is 0 Å². The molecular weight excluding hydrogens is 562 g/mol. The van der Waals surface area contributed by atoms with Crippen molar-refractivity contribution in [1.82, 2.24) is 16.0 Å². The molecule has 0 saturated carbocycles. The van der Waals surface area contributed by atoms with Crippen molar-refractivity contribution in [1.29, 1.82) is 0 Å². The number of Topliss-reactive ketones (excluding diaryl/α,β-unsaturated/α-hetero) is 1. The van der Waals surface area contributed by atoms with Gasteiger partial charge in [0.25, 0.3) is 0 Å². The van der Waals surface area contributed by atoms with Crippen LogP contribution < -0.4 is 16.0 Å². The minimum atomic E-state index is -2.86. The van der Waals surface area contributed by atoms with Gasteiger partial charge in [0.15, 0.2) is 9.84 Å². The zero-order valence-corrected chi connectivity index (χ0v) is 32.3. The molecule has 0 atom stereocenters. The number of ketones is 1. The fourth-order valence-electron chi connectivity index (χ4n) is 3.25. The van der Waals surface area contributed by atoms with Gasteiger partial charge in [-0.1, -0.05) is 83.1 Å². The largest absolute Gasteiger partial charge is 0.354 e. The zero-order valence-electron chi connectivity index (χ0n) is 31.4. The van der Waals surface area contributed by atoms with Gasteiger partial charge in [-0.3, -0.25) is 9.59 Å². The van der Waals surface area contributed by atoms with Gasteiger partial charge in [-0.05, 0) is 70.1 Å². The third kappa shape index (κ3) is 44.9. The first-order valence-corrected chi connectivity index (χ1v) is 17.8. The van der Waals surface area contributed by atoms with Crippen LogP contribution >= 0.6 is 0 Å². The van der Waals surface area contributed by atoms with E-state index in [-0.39, 0.29) is 45.9 Å². The van der Waals surface area contributed by atoms with Crippen LogP contribution in [0.15, 0.2) is 0 Å². The third-order valence-electron chi connectivity index (χ3n) is 4.85. The van der Waals surface area contributed by atoms with Crippen LogP contribution in [0.1, 0.15) is 144 Å². The van der Waals surface area contributed by atoms with Gasteiger partial charge in [0, 0.05) is 37.9 Å². The Morgan fingerprint density at radius 2 is 1.02 bits per heavy atom. The summed E-state index contributed by atoms with van der Waals surface area (Å²) in [5.41, 5.74) is 0.0368. The smallest absolute Gasteiger partial charge is 0.314 e. The lowest BCUT2D eigenvalue weighted by molar-refractivity contribution is -0.122. The van der Waals surface area contributed by atoms with E-state index in [2.05, 4.69) is 64.4 Å². The van der Waals surface area contributed by atoms with Gasteiger partial charge < -0.3 is 16.0 Å². The van der Waals surface area contributed by atoms with E-state index >= 15 is 0 Å². The Morgan fingerprint density at radius 3 is 1.28 bits per heavy atom. The van der Waals surface area contributed by atoms with Crippen molar-refractivity contribution in [3.63, 3.8) is 0 Å². The van der Waals surface area contributed by atoms with Gasteiger partial charge >= 0.3 is 6.03 Å². The van der Waals surface area contributed by atoms with Crippen molar-refractivity contribution in [2.24, 2.45) is 28.6 Å². The second-order valence-corrected chi connectivity index (χ2v) is 18.6. The van der Waals surface area contributed by atoms with Crippen LogP contribution in [0.3, 0.4) is 0 Å². The number of carbonyl (C=O) groups is 3. The lowest BCUT2D eigenvalue weighted by Crippen LogP contribution is -2.40. The van der Waals surface area contributed by atoms with E-state index in [1.165, 1.54) is 0 Å². The molecule has 0 aliphatic rings. The molecule has 0 radical (unpaired) electrons. The number of nitrogens with one attached hydrogen (secondary N) is 3. The van der Waals surface area contributed by atoms with E-state index in [0.29, 0.717) is 36.4 Å². The Kier molecular flexibility index (Phi) is 26.6. The first kappa shape index (κ1) is 48.3. The van der Waals surface area contributed by atoms with Crippen molar-refractivity contribution in [2.75, 3.05) is 12.3 Å². The molecule has 0 aliphatic carbocycles. The zero-order chi connectivity index (χ0) is 35.4. The van der Waals surface area contributed by atoms with E-state index in [9.17, 15) is 22.8 Å². The second-order valence-electron chi connectivity index (χ2n) is 16.0. The van der Waals surface area contributed by atoms with Crippen LogP contribution in [0.25, 0.3) is 0 Å². The van der Waals surface area contributed by atoms with Crippen LogP contribution in [-0.4, -0.2) is 55.8 Å². The maximum Gasteiger partial charge on any atom is 0.314 e. The summed E-state index contributed by atoms with van der Waals surface area (Å²) < 4.78 is 22.7. The summed E-state index contributed by atoms with van der Waals surface area (Å²) in [7, 11) is -2.86. The molecule has 0 aromatic carbocycles. The SMILES string of the molecule is CC(C)CC(=O)CC(C)(C)C.CC(C)CC(=O)NC(C)C.CC(C)CNC(=O)NC(C)C.CC(C)S(=O)(=O)CC(C)(C)C. The van der Waals surface area contributed by atoms with Crippen LogP contribution in [0.2, 0.25) is 0 Å². The fourth-order valence-corrected chi connectivity index (χ4v) is 4.79. The average Bonchev–Trinajstić information content (AvgIpc) is 2.68. The fraction of sp³-hybridized carbons (Fsp3) is 0.912. The molecule has 3 N–H and O–H groups in total. The molecule has 43 heavy (non-hydrogen) atoms. The topological polar surface area (TPSA) is 121 Å². The molecule has 0 saturated heterocycles. The Morgan fingerprint density at radius 1 is 0.605 bits per heavy atom. The van der Waals surface area contributed by atoms with Crippen molar-refractivity contribution in [2.45, 2.75) is 161 Å². The summed E-state index contributed by atoms with van der Waals surface area (Å²) in [5.74, 6) is 2.30. The minimum Gasteiger partial charge on any atom is -0.354 e. The maximum absolute atomic E-state index is 11.3. The van der Waals surface area contributed by atoms with Gasteiger partial charge in [-0.25, -0.2) is 13.2 Å². The standard InChI is InChI=1S/C10H20O.C8H18N2O.C8H17NO.C8H18O2S/c1-8(2)6-9(11)7-10(3,4)5;1-6(2)5-9-8(11)10-7(3)4;1-6(2)5-8(10)9-7(3)4;1-7(2)11(9,10)6-8(3,4)5/h8H,6-7H2,1-5H3;6-7H,5H2,1-4H3,(H2,9,10,11);6-7H,5H2,1-4H3,(H,9,10);7H,6H2,1-5H3. The molecule has 9 heteroatoms. The molecular formula is C34H73N3O5S. The number of amides is 3. The monoisotopic (exact) mass is 636 g/mol. The molecule has 3 amide bonds. The Balaban J connectivity index is -0.000000236. The van der Waals surface area contributed by atoms with E-state index < -0.39 is 9.84 Å². The second kappa shape index (κ2) is 23.7. The Labute approximate surface area is 268 Å². The molecule has 0 aromatic rings. The third-order valence-corrected chi connectivity index (χ3v) is 7.55. The van der Waals surface area contributed by atoms with E-state index in [0.717, 1.165) is 13.0 Å². The Bertz CT molecular complexity index is 836. The Hall–Kier alpha value is -1.64. The van der Waals surface area contributed by atoms with Crippen LogP contribution in [0.4, 0.5) is 4.79 Å². The molecule has 260 valence electrons. The molecule has 0 aromatic heterocycles. The van der Waals surface area contributed by atoms with Crippen molar-refractivity contribution in [3.05, 3.63) is 0 Å². The highest BCUT2D eigenvalue weighted by atomic mass is 32.2. The number of urea groups is 1. The van der Waals surface area contributed by atoms with Crippen LogP contribution in [0, 0.1) is 28.6 Å². The first-order chi connectivity index (χ1) is 19.0. The number of carbonyl (C=O) groups excluding carboxylic acids is 3. The molecule has 0 fully saturated rings. The first-order valence-electron chi connectivity index (χ1n) is 16.1. The summed E-state index contributed by atoms with van der Waals surface area (Å²) >= 11 is 0. The van der Waals surface area contributed by atoms with Gasteiger partial charge in [0.1, 0.15) is 5.78 Å². The normalized spacial score (nSPS) is 11.8. The summed E-state index contributed by atoms with van der Waals surface area (Å²) in [5, 5.41) is 8.10. The summed E-state index contributed by atoms with van der Waals surface area (Å²) in [6.45, 7) is 36.5. The summed E-state index contributed by atoms with van der Waals surface area (Å²) in [4.78, 5) is 33.2. The summed E-state index contributed by atoms with van der Waals surface area (Å²) in [6.07, 6.45) is 2.08. The number of rotatable bonds is 11. The van der Waals surface area contributed by atoms with E-state index in [4.69, 9.17) is 0 Å². The van der Waals surface area contributed by atoms with Crippen molar-refractivity contribution < 1.29 is 22.8 Å². The average molecular weight is 636 g/mol. The molecule has 8 nitrogen and oxygen atoms in total. The number of hydrogen-bond donors (Lipinski definition) is 3. The molecule has 0 unspecified atom stereocenters. The minimum absolute atomic E-state index is 0.0753. The van der Waals surface area contributed by atoms with Gasteiger partial charge in [0.05, 0.1) is 11.0 Å². The lowest BCUT2D eigenvalue weighted by Gasteiger charge is -2.19. The highest BCUT2D eigenvalue weighted by molar-refractivity contribution is 7.92. The lowest BCUT2D eigenvalue weighted by atomic mass is 9.87. The predicted octanol–water partition coefficient (Wildman–Crippen LogP) is 7.80. The maximum atomic E-state index is 11.3. The van der Waals surface area contributed by atoms with Gasteiger partial charge in [-0.2, -0.15) is 0 Å². The molecule has 0 rings (SSSR count). The highest BCUT2D eigenvalue weighted by Crippen LogP contribution is 2.21. The van der Waals surface area contributed by atoms with Gasteiger partial charge in [0.2, 0.25) is 5.91 Å².